The van der Waals surface area contributed by atoms with Crippen LogP contribution in [0.5, 0.6) is 0 Å². The minimum Gasteiger partial charge on any atom is -0.316 e. The molecule has 0 aromatic heterocycles. The largest absolute Gasteiger partial charge is 0.316 e. The van der Waals surface area contributed by atoms with Crippen LogP contribution in [0.4, 0.5) is 0 Å². The van der Waals surface area contributed by atoms with Crippen LogP contribution in [0.1, 0.15) is 52.9 Å². The Morgan fingerprint density at radius 3 is 2.67 bits per heavy atom. The molecule has 2 fully saturated rings. The predicted molar refractivity (Wildman–Crippen MR) is 78.8 cm³/mol. The zero-order valence-electron chi connectivity index (χ0n) is 12.6. The summed E-state index contributed by atoms with van der Waals surface area (Å²) >= 11 is 0. The van der Waals surface area contributed by atoms with Gasteiger partial charge in [0.2, 0.25) is 0 Å². The lowest BCUT2D eigenvalue weighted by Gasteiger charge is -2.37. The van der Waals surface area contributed by atoms with E-state index in [9.17, 15) is 0 Å². The lowest BCUT2D eigenvalue weighted by Crippen LogP contribution is -2.39. The zero-order valence-corrected chi connectivity index (χ0v) is 12.6. The highest BCUT2D eigenvalue weighted by atomic mass is 15.2. The molecule has 1 saturated heterocycles. The van der Waals surface area contributed by atoms with Gasteiger partial charge in [0.1, 0.15) is 0 Å². The molecule has 4 atom stereocenters. The number of hydrogen-bond donors (Lipinski definition) is 1. The molecule has 1 N–H and O–H groups in total. The van der Waals surface area contributed by atoms with Gasteiger partial charge in [0.15, 0.2) is 0 Å². The van der Waals surface area contributed by atoms with Crippen LogP contribution in [0.15, 0.2) is 0 Å². The minimum absolute atomic E-state index is 0.896. The summed E-state index contributed by atoms with van der Waals surface area (Å²) in [5.74, 6) is 2.79. The molecule has 2 heteroatoms. The Hall–Kier alpha value is -0.0800. The number of likely N-dealkylation sites (tertiary alicyclic amines) is 1. The quantitative estimate of drug-likeness (QED) is 0.756. The van der Waals surface area contributed by atoms with E-state index in [1.165, 1.54) is 58.3 Å². The van der Waals surface area contributed by atoms with Crippen molar-refractivity contribution in [1.29, 1.82) is 0 Å². The van der Waals surface area contributed by atoms with E-state index < -0.39 is 0 Å². The van der Waals surface area contributed by atoms with E-state index in [-0.39, 0.29) is 0 Å². The average molecular weight is 252 g/mol. The summed E-state index contributed by atoms with van der Waals surface area (Å²) in [5.41, 5.74) is 0. The SMILES string of the molecule is CCCNCC1CCN(C2CCC(C)C(C)C2)C1. The van der Waals surface area contributed by atoms with Gasteiger partial charge in [-0.05, 0) is 69.5 Å². The van der Waals surface area contributed by atoms with Crippen molar-refractivity contribution in [3.8, 4) is 0 Å². The topological polar surface area (TPSA) is 15.3 Å². The molecular formula is C16H32N2. The van der Waals surface area contributed by atoms with Crippen molar-refractivity contribution in [2.75, 3.05) is 26.2 Å². The van der Waals surface area contributed by atoms with Crippen molar-refractivity contribution in [2.45, 2.75) is 58.9 Å². The third-order valence-electron chi connectivity index (χ3n) is 5.26. The second-order valence-corrected chi connectivity index (χ2v) is 6.78. The maximum absolute atomic E-state index is 3.59. The van der Waals surface area contributed by atoms with E-state index >= 15 is 0 Å². The molecule has 2 nitrogen and oxygen atoms in total. The maximum Gasteiger partial charge on any atom is 0.00981 e. The molecule has 0 aromatic carbocycles. The predicted octanol–water partition coefficient (Wildman–Crippen LogP) is 3.13. The zero-order chi connectivity index (χ0) is 13.0. The first-order valence-corrected chi connectivity index (χ1v) is 8.15. The van der Waals surface area contributed by atoms with Gasteiger partial charge >= 0.3 is 0 Å². The van der Waals surface area contributed by atoms with Crippen LogP contribution in [0, 0.1) is 17.8 Å². The van der Waals surface area contributed by atoms with Crippen molar-refractivity contribution in [3.63, 3.8) is 0 Å². The molecule has 18 heavy (non-hydrogen) atoms. The molecule has 4 unspecified atom stereocenters. The first kappa shape index (κ1) is 14.3. The molecule has 1 aliphatic carbocycles. The summed E-state index contributed by atoms with van der Waals surface area (Å²) in [7, 11) is 0. The van der Waals surface area contributed by atoms with Gasteiger partial charge in [0.05, 0.1) is 0 Å². The van der Waals surface area contributed by atoms with Crippen LogP contribution in [0.2, 0.25) is 0 Å². The molecule has 0 amide bonds. The van der Waals surface area contributed by atoms with Gasteiger partial charge in [-0.1, -0.05) is 20.8 Å². The second-order valence-electron chi connectivity index (χ2n) is 6.78. The van der Waals surface area contributed by atoms with E-state index in [1.807, 2.05) is 0 Å². The standard InChI is InChI=1S/C16H32N2/c1-4-8-17-11-15-7-9-18(12-15)16-6-5-13(2)14(3)10-16/h13-17H,4-12H2,1-3H3. The van der Waals surface area contributed by atoms with Gasteiger partial charge in [-0.25, -0.2) is 0 Å². The highest BCUT2D eigenvalue weighted by Crippen LogP contribution is 2.34. The van der Waals surface area contributed by atoms with E-state index in [4.69, 9.17) is 0 Å². The summed E-state index contributed by atoms with van der Waals surface area (Å²) in [6.45, 7) is 12.3. The molecule has 106 valence electrons. The Labute approximate surface area is 114 Å². The number of nitrogens with one attached hydrogen (secondary N) is 1. The smallest absolute Gasteiger partial charge is 0.00981 e. The molecular weight excluding hydrogens is 220 g/mol. The summed E-state index contributed by atoms with van der Waals surface area (Å²) in [6, 6.07) is 0.896. The first-order valence-electron chi connectivity index (χ1n) is 8.15. The Kier molecular flexibility index (Phi) is 5.50. The molecule has 2 aliphatic rings. The van der Waals surface area contributed by atoms with Gasteiger partial charge in [0.25, 0.3) is 0 Å². The van der Waals surface area contributed by atoms with Gasteiger partial charge < -0.3 is 10.2 Å². The number of nitrogens with zero attached hydrogens (tertiary/aromatic N) is 1. The van der Waals surface area contributed by atoms with Crippen molar-refractivity contribution >= 4 is 0 Å². The highest BCUT2D eigenvalue weighted by Gasteiger charge is 2.32. The number of hydrogen-bond acceptors (Lipinski definition) is 2. The van der Waals surface area contributed by atoms with Gasteiger partial charge in [0, 0.05) is 12.6 Å². The Bertz CT molecular complexity index is 241. The average Bonchev–Trinajstić information content (AvgIpc) is 2.82. The summed E-state index contributed by atoms with van der Waals surface area (Å²) in [5, 5.41) is 3.59. The fourth-order valence-electron chi connectivity index (χ4n) is 3.69. The van der Waals surface area contributed by atoms with E-state index in [0.717, 1.165) is 23.8 Å². The Morgan fingerprint density at radius 2 is 1.94 bits per heavy atom. The molecule has 0 bridgehead atoms. The van der Waals surface area contributed by atoms with Crippen LogP contribution >= 0.6 is 0 Å². The lowest BCUT2D eigenvalue weighted by atomic mass is 9.78. The molecule has 0 aromatic rings. The van der Waals surface area contributed by atoms with Gasteiger partial charge in [-0.3, -0.25) is 0 Å². The van der Waals surface area contributed by atoms with E-state index in [2.05, 4.69) is 31.0 Å². The second kappa shape index (κ2) is 6.91. The fraction of sp³-hybridized carbons (Fsp3) is 1.00. The first-order chi connectivity index (χ1) is 8.70. The Morgan fingerprint density at radius 1 is 1.11 bits per heavy atom. The van der Waals surface area contributed by atoms with Crippen molar-refractivity contribution in [3.05, 3.63) is 0 Å². The monoisotopic (exact) mass is 252 g/mol. The highest BCUT2D eigenvalue weighted by molar-refractivity contribution is 4.87. The normalized spacial score (nSPS) is 38.2. The third-order valence-corrected chi connectivity index (χ3v) is 5.26. The van der Waals surface area contributed by atoms with E-state index in [1.54, 1.807) is 0 Å². The minimum atomic E-state index is 0.896. The summed E-state index contributed by atoms with van der Waals surface area (Å²) in [4.78, 5) is 2.79. The molecule has 0 spiro atoms. The maximum atomic E-state index is 3.59. The molecule has 1 heterocycles. The van der Waals surface area contributed by atoms with Crippen LogP contribution in [-0.2, 0) is 0 Å². The van der Waals surface area contributed by atoms with Crippen LogP contribution in [0.25, 0.3) is 0 Å². The fourth-order valence-corrected chi connectivity index (χ4v) is 3.69. The summed E-state index contributed by atoms with van der Waals surface area (Å²) < 4.78 is 0. The van der Waals surface area contributed by atoms with Gasteiger partial charge in [-0.2, -0.15) is 0 Å². The van der Waals surface area contributed by atoms with Crippen molar-refractivity contribution in [1.82, 2.24) is 10.2 Å². The van der Waals surface area contributed by atoms with Crippen molar-refractivity contribution in [2.24, 2.45) is 17.8 Å². The molecule has 2 rings (SSSR count). The van der Waals surface area contributed by atoms with Crippen LogP contribution < -0.4 is 5.32 Å². The molecule has 1 saturated carbocycles. The lowest BCUT2D eigenvalue weighted by molar-refractivity contribution is 0.127. The molecule has 1 aliphatic heterocycles. The van der Waals surface area contributed by atoms with Crippen LogP contribution in [-0.4, -0.2) is 37.1 Å². The Balaban J connectivity index is 1.71. The van der Waals surface area contributed by atoms with Crippen LogP contribution in [0.3, 0.4) is 0 Å². The molecule has 0 radical (unpaired) electrons. The summed E-state index contributed by atoms with van der Waals surface area (Å²) in [6.07, 6.45) is 7.00. The van der Waals surface area contributed by atoms with E-state index in [0.29, 0.717) is 0 Å². The van der Waals surface area contributed by atoms with Gasteiger partial charge in [-0.15, -0.1) is 0 Å². The third kappa shape index (κ3) is 3.71. The van der Waals surface area contributed by atoms with Crippen molar-refractivity contribution < 1.29 is 0 Å². The number of rotatable bonds is 5.